The average Bonchev–Trinajstić information content (AvgIpc) is 4.10. The number of carbonyl (C=O) groups excluding carboxylic acids is 8. The summed E-state index contributed by atoms with van der Waals surface area (Å²) in [6.07, 6.45) is 3.46. The number of aldehydes is 2. The quantitative estimate of drug-likeness (QED) is 0.0700. The summed E-state index contributed by atoms with van der Waals surface area (Å²) in [6, 6.07) is 11.4. The van der Waals surface area contributed by atoms with E-state index in [1.54, 1.807) is 25.3 Å². The molecule has 0 spiro atoms. The first-order valence-electron chi connectivity index (χ1n) is 22.3. The molecule has 17 nitrogen and oxygen atoms in total. The number of methoxy groups -OCH3 is 1. The summed E-state index contributed by atoms with van der Waals surface area (Å²) in [4.78, 5) is 105. The minimum atomic E-state index is -0.900. The summed E-state index contributed by atoms with van der Waals surface area (Å²) >= 11 is 0. The van der Waals surface area contributed by atoms with Gasteiger partial charge in [-0.15, -0.1) is 0 Å². The number of aryl methyl sites for hydroxylation is 1. The maximum atomic E-state index is 13.0. The lowest BCUT2D eigenvalue weighted by Gasteiger charge is -2.31. The molecular formula is C48H66N8O9. The number of hydrogen-bond donors (Lipinski definition) is 8. The zero-order valence-electron chi connectivity index (χ0n) is 38.9. The summed E-state index contributed by atoms with van der Waals surface area (Å²) < 4.78 is 5.33. The fourth-order valence-corrected chi connectivity index (χ4v) is 7.88. The van der Waals surface area contributed by atoms with Gasteiger partial charge >= 0.3 is 0 Å². The van der Waals surface area contributed by atoms with Crippen LogP contribution in [-0.2, 0) is 28.8 Å². The number of fused-ring (bicyclic) bond motifs is 2. The van der Waals surface area contributed by atoms with Gasteiger partial charge in [-0.25, -0.2) is 0 Å². The van der Waals surface area contributed by atoms with Crippen LogP contribution in [0.25, 0.3) is 21.8 Å². The zero-order valence-corrected chi connectivity index (χ0v) is 38.9. The largest absolute Gasteiger partial charge is 0.496 e. The maximum absolute atomic E-state index is 13.0. The van der Waals surface area contributed by atoms with Crippen LogP contribution in [0.5, 0.6) is 5.75 Å². The lowest BCUT2D eigenvalue weighted by Crippen LogP contribution is -2.56. The van der Waals surface area contributed by atoms with Gasteiger partial charge in [0.2, 0.25) is 23.6 Å². The Morgan fingerprint density at radius 3 is 1.69 bits per heavy atom. The molecule has 2 fully saturated rings. The normalized spacial score (nSPS) is 17.5. The molecule has 0 aliphatic carbocycles. The summed E-state index contributed by atoms with van der Waals surface area (Å²) in [5, 5.41) is 18.1. The molecule has 0 bridgehead atoms. The van der Waals surface area contributed by atoms with E-state index in [1.165, 1.54) is 0 Å². The molecule has 4 aromatic rings. The molecule has 6 amide bonds. The zero-order chi connectivity index (χ0) is 48.0. The monoisotopic (exact) mass is 898 g/mol. The third-order valence-electron chi connectivity index (χ3n) is 11.3. The van der Waals surface area contributed by atoms with Gasteiger partial charge in [0.1, 0.15) is 41.8 Å². The van der Waals surface area contributed by atoms with Gasteiger partial charge in [0.25, 0.3) is 11.8 Å². The Morgan fingerprint density at radius 1 is 0.738 bits per heavy atom. The number of ether oxygens (including phenoxy) is 1. The second-order valence-corrected chi connectivity index (χ2v) is 17.8. The highest BCUT2D eigenvalue weighted by atomic mass is 16.5. The number of aromatic nitrogens is 2. The number of rotatable bonds is 17. The molecule has 4 heterocycles. The minimum Gasteiger partial charge on any atom is -0.496 e. The smallest absolute Gasteiger partial charge is 0.268 e. The lowest BCUT2D eigenvalue weighted by molar-refractivity contribution is -0.129. The number of nitrogens with one attached hydrogen (secondary N) is 8. The van der Waals surface area contributed by atoms with Gasteiger partial charge in [0, 0.05) is 46.7 Å². The predicted octanol–water partition coefficient (Wildman–Crippen LogP) is 4.39. The van der Waals surface area contributed by atoms with E-state index in [2.05, 4.69) is 41.9 Å². The number of aromatic amines is 2. The molecule has 2 aliphatic rings. The van der Waals surface area contributed by atoms with Crippen molar-refractivity contribution in [2.45, 2.75) is 112 Å². The summed E-state index contributed by atoms with van der Waals surface area (Å²) in [5.41, 5.74) is 2.69. The van der Waals surface area contributed by atoms with Gasteiger partial charge in [0.15, 0.2) is 0 Å². The first-order chi connectivity index (χ1) is 30.9. The van der Waals surface area contributed by atoms with Gasteiger partial charge < -0.3 is 56.2 Å². The van der Waals surface area contributed by atoms with E-state index in [-0.39, 0.29) is 48.3 Å². The van der Waals surface area contributed by atoms with Crippen LogP contribution in [0.15, 0.2) is 48.5 Å². The molecular weight excluding hydrogens is 833 g/mol. The Hall–Kier alpha value is -6.52. The van der Waals surface area contributed by atoms with Crippen molar-refractivity contribution in [3.63, 3.8) is 0 Å². The van der Waals surface area contributed by atoms with Crippen molar-refractivity contribution in [1.29, 1.82) is 0 Å². The molecule has 8 N–H and O–H groups in total. The molecule has 65 heavy (non-hydrogen) atoms. The Kier molecular flexibility index (Phi) is 18.4. The molecule has 0 unspecified atom stereocenters. The summed E-state index contributed by atoms with van der Waals surface area (Å²) in [5.74, 6) is -1.75. The number of H-pyrrole nitrogens is 2. The standard InChI is InChI=1S/C23H30N4O5.C23H30N4O4.C2H6/c1-23(2,3)19(22(31)25-14(12-28)10-13-8-9-24-20(13)29)27-21(30)17-11-15-16(26-17)6-5-7-18(15)32-4;1-13(2)9-19(22(30)25-16(12-28)10-15-7-8-24-21(15)29)27-23(31)20-11-17-14(3)5-4-6-18(17)26-20;1-2/h5-7,11-14,19,26H,8-10H2,1-4H3,(H,24,29)(H,25,31)(H,27,30);4-6,11-13,15-16,19,26H,7-10H2,1-3H3,(H,24,29)(H,25,30)(H,27,31);1-2H3/t13-,14-,19+;15-,16-,19-;/m00./s1. The molecule has 2 aliphatic heterocycles. The van der Waals surface area contributed by atoms with Crippen LogP contribution < -0.4 is 36.6 Å². The van der Waals surface area contributed by atoms with E-state index in [9.17, 15) is 38.4 Å². The fourth-order valence-electron chi connectivity index (χ4n) is 7.88. The highest BCUT2D eigenvalue weighted by molar-refractivity contribution is 6.02. The van der Waals surface area contributed by atoms with Crippen molar-refractivity contribution in [3.05, 3.63) is 65.5 Å². The Bertz CT molecular complexity index is 2330. The maximum Gasteiger partial charge on any atom is 0.268 e. The number of carbonyl (C=O) groups is 8. The van der Waals surface area contributed by atoms with Crippen molar-refractivity contribution >= 4 is 69.8 Å². The molecule has 2 aromatic heterocycles. The van der Waals surface area contributed by atoms with Crippen molar-refractivity contribution in [3.8, 4) is 5.75 Å². The van der Waals surface area contributed by atoms with Crippen molar-refractivity contribution in [1.82, 2.24) is 41.9 Å². The topological polar surface area (TPSA) is 250 Å². The SMILES string of the molecule is CC.COc1cccc2[nH]c(C(=O)N[C@H](C(=O)N[C@H](C=O)C[C@@H]3CCNC3=O)C(C)(C)C)cc12.Cc1cccc2[nH]c(C(=O)N[C@@H](CC(C)C)C(=O)N[C@H](C=O)C[C@@H]3CCNC3=O)cc12. The van der Waals surface area contributed by atoms with E-state index in [0.29, 0.717) is 62.1 Å². The lowest BCUT2D eigenvalue weighted by atomic mass is 9.85. The van der Waals surface area contributed by atoms with Crippen molar-refractivity contribution in [2.24, 2.45) is 23.2 Å². The van der Waals surface area contributed by atoms with E-state index < -0.39 is 47.3 Å². The van der Waals surface area contributed by atoms with E-state index >= 15 is 0 Å². The highest BCUT2D eigenvalue weighted by Gasteiger charge is 2.36. The summed E-state index contributed by atoms with van der Waals surface area (Å²) in [6.45, 7) is 16.5. The molecule has 0 saturated carbocycles. The van der Waals surface area contributed by atoms with Crippen molar-refractivity contribution in [2.75, 3.05) is 20.2 Å². The fraction of sp³-hybridized carbons (Fsp3) is 0.500. The summed E-state index contributed by atoms with van der Waals surface area (Å²) in [7, 11) is 1.56. The molecule has 6 rings (SSSR count). The molecule has 17 heteroatoms. The van der Waals surface area contributed by atoms with E-state index in [0.717, 1.165) is 27.4 Å². The molecule has 0 radical (unpaired) electrons. The van der Waals surface area contributed by atoms with Crippen LogP contribution in [0.1, 0.15) is 107 Å². The molecule has 352 valence electrons. The van der Waals surface area contributed by atoms with Crippen LogP contribution in [-0.4, -0.2) is 102 Å². The average molecular weight is 899 g/mol. The highest BCUT2D eigenvalue weighted by Crippen LogP contribution is 2.27. The van der Waals surface area contributed by atoms with Gasteiger partial charge in [-0.1, -0.05) is 66.7 Å². The molecule has 2 saturated heterocycles. The second kappa shape index (κ2) is 23.4. The van der Waals surface area contributed by atoms with Gasteiger partial charge in [0.05, 0.1) is 19.2 Å². The van der Waals surface area contributed by atoms with Crippen LogP contribution in [0.2, 0.25) is 0 Å². The number of benzene rings is 2. The van der Waals surface area contributed by atoms with Crippen LogP contribution >= 0.6 is 0 Å². The second-order valence-electron chi connectivity index (χ2n) is 17.8. The van der Waals surface area contributed by atoms with Crippen LogP contribution in [0.3, 0.4) is 0 Å². The first-order valence-corrected chi connectivity index (χ1v) is 22.3. The van der Waals surface area contributed by atoms with Crippen molar-refractivity contribution < 1.29 is 43.1 Å². The Morgan fingerprint density at radius 2 is 1.23 bits per heavy atom. The minimum absolute atomic E-state index is 0.0952. The molecule has 6 atom stereocenters. The van der Waals surface area contributed by atoms with E-state index in [4.69, 9.17) is 4.74 Å². The van der Waals surface area contributed by atoms with Crippen LogP contribution in [0.4, 0.5) is 0 Å². The van der Waals surface area contributed by atoms with Gasteiger partial charge in [-0.3, -0.25) is 28.8 Å². The predicted molar refractivity (Wildman–Crippen MR) is 248 cm³/mol. The van der Waals surface area contributed by atoms with Crippen LogP contribution in [0, 0.1) is 30.1 Å². The number of amides is 6. The molecule has 2 aromatic carbocycles. The van der Waals surface area contributed by atoms with Gasteiger partial charge in [-0.05, 0) is 86.3 Å². The van der Waals surface area contributed by atoms with E-state index in [1.807, 2.05) is 85.7 Å². The first kappa shape index (κ1) is 51.1. The van der Waals surface area contributed by atoms with Gasteiger partial charge in [-0.2, -0.15) is 0 Å². The Labute approximate surface area is 380 Å². The number of hydrogen-bond acceptors (Lipinski definition) is 9. The Balaban J connectivity index is 0.000000274. The third kappa shape index (κ3) is 13.7. The third-order valence-corrected chi connectivity index (χ3v) is 11.3.